The monoisotopic (exact) mass is 485 g/mol. The van der Waals surface area contributed by atoms with Crippen molar-refractivity contribution in [1.82, 2.24) is 19.8 Å². The number of aromatic amines is 1. The molecule has 4 rings (SSSR count). The number of nitrogen functional groups attached to an aromatic ring is 1. The molecule has 186 valence electrons. The normalized spacial score (nSPS) is 16.2. The van der Waals surface area contributed by atoms with Gasteiger partial charge in [0.15, 0.2) is 0 Å². The minimum Gasteiger partial charge on any atom is -0.384 e. The maximum atomic E-state index is 13.5. The number of H-pyrrole nitrogens is 1. The number of hydrogen-bond donors (Lipinski definition) is 2. The van der Waals surface area contributed by atoms with Crippen molar-refractivity contribution in [3.05, 3.63) is 88.5 Å². The Bertz CT molecular complexity index is 1280. The van der Waals surface area contributed by atoms with Gasteiger partial charge in [0.1, 0.15) is 11.9 Å². The van der Waals surface area contributed by atoms with Gasteiger partial charge in [0.2, 0.25) is 17.4 Å². The maximum absolute atomic E-state index is 13.5. The van der Waals surface area contributed by atoms with Crippen LogP contribution in [0, 0.1) is 5.92 Å². The third-order valence-electron chi connectivity index (χ3n) is 6.23. The van der Waals surface area contributed by atoms with Crippen LogP contribution in [0.1, 0.15) is 31.4 Å². The van der Waals surface area contributed by atoms with E-state index in [4.69, 9.17) is 5.73 Å². The van der Waals surface area contributed by atoms with Gasteiger partial charge in [-0.15, -0.1) is 0 Å². The van der Waals surface area contributed by atoms with Gasteiger partial charge in [-0.2, -0.15) is 0 Å². The predicted molar refractivity (Wildman–Crippen MR) is 141 cm³/mol. The van der Waals surface area contributed by atoms with Crippen LogP contribution in [0.3, 0.4) is 0 Å². The minimum absolute atomic E-state index is 0.0319. The summed E-state index contributed by atoms with van der Waals surface area (Å²) < 4.78 is 0. The van der Waals surface area contributed by atoms with Crippen LogP contribution in [0.15, 0.2) is 71.8 Å². The van der Waals surface area contributed by atoms with Crippen LogP contribution in [0.5, 0.6) is 0 Å². The topological polar surface area (TPSA) is 112 Å². The summed E-state index contributed by atoms with van der Waals surface area (Å²) >= 11 is 0. The molecule has 0 bridgehead atoms. The van der Waals surface area contributed by atoms with Crippen molar-refractivity contribution in [1.29, 1.82) is 0 Å². The molecule has 1 saturated heterocycles. The Morgan fingerprint density at radius 3 is 2.47 bits per heavy atom. The SMILES string of the molecule is CC(C)CC1C(=O)N(Cc2ccc(-c3ccc(=O)[nH]c3)cc2)CCN1C(=O)/C=C/c1ccc(N)nc1. The second-order valence-corrected chi connectivity index (χ2v) is 9.43. The predicted octanol–water partition coefficient (Wildman–Crippen LogP) is 3.32. The number of pyridine rings is 2. The van der Waals surface area contributed by atoms with Crippen molar-refractivity contribution in [2.75, 3.05) is 18.8 Å². The fourth-order valence-corrected chi connectivity index (χ4v) is 4.33. The molecule has 3 N–H and O–H groups in total. The molecular formula is C28H31N5O3. The number of aromatic nitrogens is 2. The molecule has 0 radical (unpaired) electrons. The van der Waals surface area contributed by atoms with Gasteiger partial charge in [0, 0.05) is 44.2 Å². The van der Waals surface area contributed by atoms with E-state index >= 15 is 0 Å². The molecule has 0 spiro atoms. The molecule has 1 aliphatic rings. The second kappa shape index (κ2) is 11.0. The van der Waals surface area contributed by atoms with Gasteiger partial charge in [-0.1, -0.05) is 38.1 Å². The zero-order valence-corrected chi connectivity index (χ0v) is 20.6. The highest BCUT2D eigenvalue weighted by Gasteiger charge is 2.36. The molecule has 1 atom stereocenters. The summed E-state index contributed by atoms with van der Waals surface area (Å²) in [5, 5.41) is 0. The highest BCUT2D eigenvalue weighted by atomic mass is 16.2. The largest absolute Gasteiger partial charge is 0.384 e. The van der Waals surface area contributed by atoms with Crippen molar-refractivity contribution in [2.45, 2.75) is 32.9 Å². The Morgan fingerprint density at radius 1 is 1.08 bits per heavy atom. The van der Waals surface area contributed by atoms with Crippen LogP contribution in [0.2, 0.25) is 0 Å². The molecule has 8 heteroatoms. The van der Waals surface area contributed by atoms with E-state index in [9.17, 15) is 14.4 Å². The Balaban J connectivity index is 1.45. The molecule has 8 nitrogen and oxygen atoms in total. The highest BCUT2D eigenvalue weighted by Crippen LogP contribution is 2.23. The third-order valence-corrected chi connectivity index (χ3v) is 6.23. The third kappa shape index (κ3) is 6.07. The first-order valence-corrected chi connectivity index (χ1v) is 12.1. The molecule has 3 aromatic rings. The van der Waals surface area contributed by atoms with Crippen LogP contribution >= 0.6 is 0 Å². The summed E-state index contributed by atoms with van der Waals surface area (Å²) in [5.74, 6) is 0.464. The number of piperazine rings is 1. The molecule has 0 aliphatic carbocycles. The molecule has 2 aromatic heterocycles. The summed E-state index contributed by atoms with van der Waals surface area (Å²) in [7, 11) is 0. The van der Waals surface area contributed by atoms with E-state index in [1.54, 1.807) is 41.6 Å². The lowest BCUT2D eigenvalue weighted by molar-refractivity contribution is -0.150. The minimum atomic E-state index is -0.499. The number of nitrogens with zero attached hydrogens (tertiary/aromatic N) is 3. The summed E-state index contributed by atoms with van der Waals surface area (Å²) in [5.41, 5.74) is 9.17. The van der Waals surface area contributed by atoms with Crippen LogP contribution < -0.4 is 11.3 Å². The van der Waals surface area contributed by atoms with E-state index in [-0.39, 0.29) is 23.3 Å². The Morgan fingerprint density at radius 2 is 1.83 bits per heavy atom. The average molecular weight is 486 g/mol. The molecule has 3 heterocycles. The second-order valence-electron chi connectivity index (χ2n) is 9.43. The summed E-state index contributed by atoms with van der Waals surface area (Å²) in [6.45, 7) is 5.54. The number of carbonyl (C=O) groups is 2. The Hall–Kier alpha value is -4.20. The van der Waals surface area contributed by atoms with Crippen LogP contribution in [-0.4, -0.2) is 50.7 Å². The van der Waals surface area contributed by atoms with Gasteiger partial charge in [0.05, 0.1) is 0 Å². The zero-order chi connectivity index (χ0) is 25.7. The summed E-state index contributed by atoms with van der Waals surface area (Å²) in [6, 6.07) is 14.2. The first-order chi connectivity index (χ1) is 17.3. The molecule has 2 amide bonds. The number of nitrogens with two attached hydrogens (primary N) is 1. The first-order valence-electron chi connectivity index (χ1n) is 12.1. The van der Waals surface area contributed by atoms with Crippen molar-refractivity contribution >= 4 is 23.7 Å². The molecule has 1 aliphatic heterocycles. The van der Waals surface area contributed by atoms with Crippen molar-refractivity contribution in [2.24, 2.45) is 5.92 Å². The first kappa shape index (κ1) is 24.9. The lowest BCUT2D eigenvalue weighted by Crippen LogP contribution is -2.58. The number of benzene rings is 1. The van der Waals surface area contributed by atoms with Gasteiger partial charge >= 0.3 is 0 Å². The number of amides is 2. The maximum Gasteiger partial charge on any atom is 0.247 e. The van der Waals surface area contributed by atoms with E-state index in [1.807, 2.05) is 29.2 Å². The fourth-order valence-electron chi connectivity index (χ4n) is 4.33. The molecule has 1 aromatic carbocycles. The van der Waals surface area contributed by atoms with Crippen LogP contribution in [-0.2, 0) is 16.1 Å². The summed E-state index contributed by atoms with van der Waals surface area (Å²) in [6.07, 6.45) is 7.09. The molecule has 1 unspecified atom stereocenters. The van der Waals surface area contributed by atoms with Gasteiger partial charge in [-0.3, -0.25) is 14.4 Å². The Labute approximate surface area is 210 Å². The van der Waals surface area contributed by atoms with Crippen molar-refractivity contribution in [3.8, 4) is 11.1 Å². The zero-order valence-electron chi connectivity index (χ0n) is 20.6. The van der Waals surface area contributed by atoms with Gasteiger partial charge in [-0.05, 0) is 58.9 Å². The van der Waals surface area contributed by atoms with Gasteiger partial charge < -0.3 is 20.5 Å². The van der Waals surface area contributed by atoms with Crippen LogP contribution in [0.25, 0.3) is 17.2 Å². The smallest absolute Gasteiger partial charge is 0.247 e. The lowest BCUT2D eigenvalue weighted by Gasteiger charge is -2.41. The number of nitrogens with one attached hydrogen (secondary N) is 1. The summed E-state index contributed by atoms with van der Waals surface area (Å²) in [4.78, 5) is 48.0. The Kier molecular flexibility index (Phi) is 7.63. The quantitative estimate of drug-likeness (QED) is 0.499. The highest BCUT2D eigenvalue weighted by molar-refractivity contribution is 5.96. The van der Waals surface area contributed by atoms with E-state index in [0.717, 1.165) is 22.3 Å². The van der Waals surface area contributed by atoms with Crippen molar-refractivity contribution < 1.29 is 9.59 Å². The number of anilines is 1. The fraction of sp³-hybridized carbons (Fsp3) is 0.286. The van der Waals surface area contributed by atoms with E-state index < -0.39 is 6.04 Å². The van der Waals surface area contributed by atoms with E-state index in [1.165, 1.54) is 12.1 Å². The molecule has 1 fully saturated rings. The number of hydrogen-bond acceptors (Lipinski definition) is 5. The molecule has 0 saturated carbocycles. The van der Waals surface area contributed by atoms with E-state index in [2.05, 4.69) is 23.8 Å². The molecule has 36 heavy (non-hydrogen) atoms. The van der Waals surface area contributed by atoms with Crippen LogP contribution in [0.4, 0.5) is 5.82 Å². The standard InChI is InChI=1S/C28H31N5O3/c1-19(2)15-24-28(36)32(13-14-33(24)27(35)12-6-20-5-10-25(29)30-16-20)18-21-3-7-22(8-4-21)23-9-11-26(34)31-17-23/h3-12,16-17,19,24H,13-15,18H2,1-2H3,(H2,29,30)(H,31,34)/b12-6+. The van der Waals surface area contributed by atoms with Gasteiger partial charge in [-0.25, -0.2) is 4.98 Å². The van der Waals surface area contributed by atoms with Crippen molar-refractivity contribution in [3.63, 3.8) is 0 Å². The molecular weight excluding hydrogens is 454 g/mol. The average Bonchev–Trinajstić information content (AvgIpc) is 2.87. The van der Waals surface area contributed by atoms with E-state index in [0.29, 0.717) is 31.9 Å². The number of rotatable bonds is 7. The lowest BCUT2D eigenvalue weighted by atomic mass is 9.98. The van der Waals surface area contributed by atoms with Gasteiger partial charge in [0.25, 0.3) is 0 Å². The number of carbonyl (C=O) groups excluding carboxylic acids is 2.